The van der Waals surface area contributed by atoms with Gasteiger partial charge in [-0.25, -0.2) is 4.39 Å². The molecule has 0 bridgehead atoms. The van der Waals surface area contributed by atoms with Crippen LogP contribution in [0.25, 0.3) is 10.8 Å². The lowest BCUT2D eigenvalue weighted by molar-refractivity contribution is 0.254. The summed E-state index contributed by atoms with van der Waals surface area (Å²) < 4.78 is 15.0. The number of halogens is 1. The van der Waals surface area contributed by atoms with Crippen molar-refractivity contribution in [1.82, 2.24) is 0 Å². The molecule has 0 heterocycles. The SMILES string of the molecule is C/C=C/CCC1CCC(CCc2ccc(C#Cc3ccc4cc(CCC)ccc4c3F)cc2)CC1. The van der Waals surface area contributed by atoms with Crippen LogP contribution < -0.4 is 0 Å². The molecule has 0 saturated heterocycles. The van der Waals surface area contributed by atoms with Gasteiger partial charge < -0.3 is 0 Å². The van der Waals surface area contributed by atoms with Gasteiger partial charge in [0.15, 0.2) is 0 Å². The van der Waals surface area contributed by atoms with Crippen molar-refractivity contribution in [3.8, 4) is 11.8 Å². The van der Waals surface area contributed by atoms with Gasteiger partial charge in [0.05, 0.1) is 5.56 Å². The predicted octanol–water partition coefficient (Wildman–Crippen LogP) is 9.43. The highest BCUT2D eigenvalue weighted by Crippen LogP contribution is 2.34. The summed E-state index contributed by atoms with van der Waals surface area (Å²) in [5, 5.41) is 1.60. The molecular formula is C34H39F. The molecule has 0 atom stereocenters. The highest BCUT2D eigenvalue weighted by molar-refractivity contribution is 5.85. The molecule has 0 aromatic heterocycles. The molecule has 0 N–H and O–H groups in total. The van der Waals surface area contributed by atoms with Gasteiger partial charge >= 0.3 is 0 Å². The fourth-order valence-corrected chi connectivity index (χ4v) is 5.45. The van der Waals surface area contributed by atoms with E-state index in [0.717, 1.165) is 42.0 Å². The van der Waals surface area contributed by atoms with E-state index >= 15 is 4.39 Å². The Balaban J connectivity index is 1.31. The Kier molecular flexibility index (Phi) is 9.19. The normalized spacial score (nSPS) is 18.0. The van der Waals surface area contributed by atoms with E-state index in [1.54, 1.807) is 0 Å². The van der Waals surface area contributed by atoms with Gasteiger partial charge in [0.2, 0.25) is 0 Å². The number of allylic oxidation sites excluding steroid dienone is 2. The minimum absolute atomic E-state index is 0.216. The van der Waals surface area contributed by atoms with Crippen LogP contribution in [-0.4, -0.2) is 0 Å². The third-order valence-electron chi connectivity index (χ3n) is 7.64. The second kappa shape index (κ2) is 12.7. The van der Waals surface area contributed by atoms with Gasteiger partial charge in [0.25, 0.3) is 0 Å². The number of hydrogen-bond acceptors (Lipinski definition) is 0. The predicted molar refractivity (Wildman–Crippen MR) is 148 cm³/mol. The van der Waals surface area contributed by atoms with Crippen LogP contribution in [0.3, 0.4) is 0 Å². The second-order valence-corrected chi connectivity index (χ2v) is 10.3. The summed E-state index contributed by atoms with van der Waals surface area (Å²) >= 11 is 0. The van der Waals surface area contributed by atoms with Crippen LogP contribution in [0.4, 0.5) is 4.39 Å². The minimum Gasteiger partial charge on any atom is -0.205 e. The first-order valence-electron chi connectivity index (χ1n) is 13.6. The highest BCUT2D eigenvalue weighted by Gasteiger charge is 2.20. The van der Waals surface area contributed by atoms with E-state index in [-0.39, 0.29) is 5.82 Å². The maximum atomic E-state index is 15.0. The molecule has 35 heavy (non-hydrogen) atoms. The van der Waals surface area contributed by atoms with E-state index in [9.17, 15) is 0 Å². The summed E-state index contributed by atoms with van der Waals surface area (Å²) in [5.74, 6) is 7.82. The second-order valence-electron chi connectivity index (χ2n) is 10.3. The fourth-order valence-electron chi connectivity index (χ4n) is 5.45. The van der Waals surface area contributed by atoms with Crippen LogP contribution >= 0.6 is 0 Å². The van der Waals surface area contributed by atoms with E-state index in [2.05, 4.69) is 68.2 Å². The van der Waals surface area contributed by atoms with Crippen molar-refractivity contribution >= 4 is 10.8 Å². The third kappa shape index (κ3) is 7.08. The molecule has 182 valence electrons. The molecule has 1 fully saturated rings. The van der Waals surface area contributed by atoms with Crippen LogP contribution in [0.1, 0.15) is 87.5 Å². The van der Waals surface area contributed by atoms with Crippen molar-refractivity contribution in [2.24, 2.45) is 11.8 Å². The lowest BCUT2D eigenvalue weighted by Crippen LogP contribution is -2.15. The maximum Gasteiger partial charge on any atom is 0.146 e. The zero-order valence-electron chi connectivity index (χ0n) is 21.5. The Morgan fingerprint density at radius 2 is 1.54 bits per heavy atom. The molecule has 1 aliphatic rings. The van der Waals surface area contributed by atoms with Crippen LogP contribution in [0.15, 0.2) is 66.7 Å². The Hall–Kier alpha value is -2.85. The topological polar surface area (TPSA) is 0 Å². The van der Waals surface area contributed by atoms with Crippen LogP contribution in [0.2, 0.25) is 0 Å². The van der Waals surface area contributed by atoms with E-state index < -0.39 is 0 Å². The Bertz CT molecular complexity index is 1180. The van der Waals surface area contributed by atoms with Gasteiger partial charge in [0.1, 0.15) is 5.82 Å². The molecule has 0 aliphatic heterocycles. The molecule has 1 heteroatoms. The summed E-state index contributed by atoms with van der Waals surface area (Å²) in [4.78, 5) is 0. The summed E-state index contributed by atoms with van der Waals surface area (Å²) in [6, 6.07) is 18.4. The van der Waals surface area contributed by atoms with Gasteiger partial charge in [-0.3, -0.25) is 0 Å². The van der Waals surface area contributed by atoms with E-state index in [0.29, 0.717) is 10.9 Å². The van der Waals surface area contributed by atoms with Crippen molar-refractivity contribution in [2.75, 3.05) is 0 Å². The number of fused-ring (bicyclic) bond motifs is 1. The average Bonchev–Trinajstić information content (AvgIpc) is 2.89. The van der Waals surface area contributed by atoms with Crippen molar-refractivity contribution in [1.29, 1.82) is 0 Å². The third-order valence-corrected chi connectivity index (χ3v) is 7.64. The van der Waals surface area contributed by atoms with E-state index in [4.69, 9.17) is 0 Å². The lowest BCUT2D eigenvalue weighted by atomic mass is 9.78. The van der Waals surface area contributed by atoms with Crippen molar-refractivity contribution < 1.29 is 4.39 Å². The largest absolute Gasteiger partial charge is 0.205 e. The number of hydrogen-bond donors (Lipinski definition) is 0. The number of rotatable bonds is 8. The zero-order chi connectivity index (χ0) is 24.5. The minimum atomic E-state index is -0.216. The molecule has 0 unspecified atom stereocenters. The lowest BCUT2D eigenvalue weighted by Gasteiger charge is -2.28. The molecule has 3 aromatic carbocycles. The molecule has 3 aromatic rings. The first-order chi connectivity index (χ1) is 17.2. The summed E-state index contributed by atoms with van der Waals surface area (Å²) in [6.07, 6.45) is 17.2. The van der Waals surface area contributed by atoms with Crippen molar-refractivity contribution in [3.05, 3.63) is 94.8 Å². The van der Waals surface area contributed by atoms with Gasteiger partial charge in [-0.2, -0.15) is 0 Å². The molecule has 0 spiro atoms. The van der Waals surface area contributed by atoms with Gasteiger partial charge in [0, 0.05) is 10.9 Å². The molecular weight excluding hydrogens is 427 g/mol. The monoisotopic (exact) mass is 466 g/mol. The molecule has 4 rings (SSSR count). The number of benzene rings is 3. The summed E-state index contributed by atoms with van der Waals surface area (Å²) in [5.41, 5.74) is 4.04. The Morgan fingerprint density at radius 1 is 0.829 bits per heavy atom. The van der Waals surface area contributed by atoms with E-state index in [1.165, 1.54) is 56.1 Å². The average molecular weight is 467 g/mol. The fraction of sp³-hybridized carbons (Fsp3) is 0.412. The molecule has 1 saturated carbocycles. The van der Waals surface area contributed by atoms with Crippen LogP contribution in [0.5, 0.6) is 0 Å². The quantitative estimate of drug-likeness (QED) is 0.229. The zero-order valence-corrected chi connectivity index (χ0v) is 21.5. The first kappa shape index (κ1) is 25.2. The van der Waals surface area contributed by atoms with Crippen molar-refractivity contribution in [3.63, 3.8) is 0 Å². The van der Waals surface area contributed by atoms with Crippen LogP contribution in [-0.2, 0) is 12.8 Å². The first-order valence-corrected chi connectivity index (χ1v) is 13.6. The van der Waals surface area contributed by atoms with Crippen molar-refractivity contribution in [2.45, 2.75) is 78.1 Å². The highest BCUT2D eigenvalue weighted by atomic mass is 19.1. The van der Waals surface area contributed by atoms with E-state index in [1.807, 2.05) is 24.3 Å². The summed E-state index contributed by atoms with van der Waals surface area (Å²) in [7, 11) is 0. The standard InChI is InChI=1S/C34H39F/c1-3-5-6-8-26-9-11-27(12-10-26)13-14-28-15-17-29(18-16-28)19-21-31-22-23-32-25-30(7-4-2)20-24-33(32)34(31)35/h3,5,15-18,20,22-27H,4,6-14H2,1-2H3/b5-3+. The van der Waals surface area contributed by atoms with Crippen LogP contribution in [0, 0.1) is 29.5 Å². The number of aryl methyl sites for hydroxylation is 2. The summed E-state index contributed by atoms with van der Waals surface area (Å²) in [6.45, 7) is 4.28. The van der Waals surface area contributed by atoms with Gasteiger partial charge in [-0.1, -0.05) is 99.4 Å². The molecule has 0 amide bonds. The molecule has 1 aliphatic carbocycles. The smallest absolute Gasteiger partial charge is 0.146 e. The molecule has 0 nitrogen and oxygen atoms in total. The van der Waals surface area contributed by atoms with Gasteiger partial charge in [-0.15, -0.1) is 0 Å². The molecule has 0 radical (unpaired) electrons. The Labute approximate surface area is 211 Å². The maximum absolute atomic E-state index is 15.0. The van der Waals surface area contributed by atoms with Gasteiger partial charge in [-0.05, 0) is 85.6 Å². The Morgan fingerprint density at radius 3 is 2.26 bits per heavy atom.